The fourth-order valence-corrected chi connectivity index (χ4v) is 2.52. The van der Waals surface area contributed by atoms with Gasteiger partial charge in [0.15, 0.2) is 0 Å². The molecule has 0 aromatic carbocycles. The van der Waals surface area contributed by atoms with E-state index >= 15 is 0 Å². The predicted octanol–water partition coefficient (Wildman–Crippen LogP) is 2.32. The van der Waals surface area contributed by atoms with Crippen LogP contribution in [0.1, 0.15) is 32.3 Å². The van der Waals surface area contributed by atoms with E-state index in [1.54, 1.807) is 0 Å². The molecule has 18 heavy (non-hydrogen) atoms. The van der Waals surface area contributed by atoms with Crippen molar-refractivity contribution in [1.82, 2.24) is 9.88 Å². The van der Waals surface area contributed by atoms with Crippen molar-refractivity contribution in [2.75, 3.05) is 20.1 Å². The lowest BCUT2D eigenvalue weighted by Crippen LogP contribution is -2.43. The first-order valence-electron chi connectivity index (χ1n) is 6.98. The first kappa shape index (κ1) is 15.1. The molecule has 2 N–H and O–H groups in total. The molecule has 0 aliphatic carbocycles. The summed E-state index contributed by atoms with van der Waals surface area (Å²) in [5.41, 5.74) is 7.27. The van der Waals surface area contributed by atoms with E-state index in [0.717, 1.165) is 19.5 Å². The number of aromatic nitrogens is 1. The Bertz CT molecular complexity index is 313. The maximum atomic E-state index is 5.92. The average molecular weight is 249 g/mol. The Morgan fingerprint density at radius 2 is 2.00 bits per heavy atom. The first-order chi connectivity index (χ1) is 8.69. The molecule has 0 saturated carbocycles. The van der Waals surface area contributed by atoms with Crippen molar-refractivity contribution in [3.8, 4) is 0 Å². The summed E-state index contributed by atoms with van der Waals surface area (Å²) >= 11 is 0. The minimum atomic E-state index is 0.492. The lowest BCUT2D eigenvalue weighted by molar-refractivity contribution is 0.183. The lowest BCUT2D eigenvalue weighted by atomic mass is 9.95. The van der Waals surface area contributed by atoms with Gasteiger partial charge in [-0.1, -0.05) is 20.3 Å². The smallest absolute Gasteiger partial charge is 0.0270 e. The molecule has 3 nitrogen and oxygen atoms in total. The van der Waals surface area contributed by atoms with Crippen LogP contribution in [0.3, 0.4) is 0 Å². The molecule has 0 fully saturated rings. The molecule has 102 valence electrons. The van der Waals surface area contributed by atoms with Crippen LogP contribution in [0.4, 0.5) is 0 Å². The van der Waals surface area contributed by atoms with Crippen molar-refractivity contribution in [3.05, 3.63) is 30.1 Å². The fourth-order valence-electron chi connectivity index (χ4n) is 2.52. The third-order valence-corrected chi connectivity index (χ3v) is 3.71. The Balaban J connectivity index is 2.44. The summed E-state index contributed by atoms with van der Waals surface area (Å²) in [7, 11) is 2.19. The fraction of sp³-hybridized carbons (Fsp3) is 0.667. The molecule has 1 aromatic rings. The average Bonchev–Trinajstić information content (AvgIpc) is 2.39. The van der Waals surface area contributed by atoms with Gasteiger partial charge in [-0.25, -0.2) is 0 Å². The number of hydrogen-bond donors (Lipinski definition) is 1. The number of likely N-dealkylation sites (N-methyl/N-ethyl adjacent to an activating group) is 1. The number of nitrogens with zero attached hydrogens (tertiary/aromatic N) is 2. The van der Waals surface area contributed by atoms with Crippen molar-refractivity contribution < 1.29 is 0 Å². The molecule has 3 heteroatoms. The molecule has 0 radical (unpaired) electrons. The van der Waals surface area contributed by atoms with Gasteiger partial charge < -0.3 is 10.6 Å². The maximum Gasteiger partial charge on any atom is 0.0270 e. The standard InChI is InChI=1S/C15H27N3/c1-4-5-13(2)15(12-16)18(3)11-8-14-6-9-17-10-7-14/h6-7,9-10,13,15H,4-5,8,11-12,16H2,1-3H3. The van der Waals surface area contributed by atoms with Crippen LogP contribution in [-0.2, 0) is 6.42 Å². The molecule has 0 amide bonds. The van der Waals surface area contributed by atoms with Crippen LogP contribution in [0, 0.1) is 5.92 Å². The quantitative estimate of drug-likeness (QED) is 0.769. The van der Waals surface area contributed by atoms with Gasteiger partial charge in [-0.05, 0) is 43.5 Å². The predicted molar refractivity (Wildman–Crippen MR) is 77.5 cm³/mol. The van der Waals surface area contributed by atoms with Gasteiger partial charge in [-0.2, -0.15) is 0 Å². The molecule has 2 unspecified atom stereocenters. The van der Waals surface area contributed by atoms with Crippen LogP contribution >= 0.6 is 0 Å². The second-order valence-corrected chi connectivity index (χ2v) is 5.16. The number of pyridine rings is 1. The van der Waals surface area contributed by atoms with E-state index in [0.29, 0.717) is 12.0 Å². The maximum absolute atomic E-state index is 5.92. The normalized spacial score (nSPS) is 14.7. The molecule has 0 aliphatic rings. The van der Waals surface area contributed by atoms with Crippen molar-refractivity contribution >= 4 is 0 Å². The SMILES string of the molecule is CCCC(C)C(CN)N(C)CCc1ccncc1. The van der Waals surface area contributed by atoms with E-state index in [2.05, 4.69) is 42.9 Å². The molecule has 1 rings (SSSR count). The summed E-state index contributed by atoms with van der Waals surface area (Å²) in [6.45, 7) is 6.35. The summed E-state index contributed by atoms with van der Waals surface area (Å²) in [6, 6.07) is 4.66. The Kier molecular flexibility index (Phi) is 6.91. The van der Waals surface area contributed by atoms with Crippen molar-refractivity contribution in [3.63, 3.8) is 0 Å². The summed E-state index contributed by atoms with van der Waals surface area (Å²) in [4.78, 5) is 6.45. The van der Waals surface area contributed by atoms with Gasteiger partial charge in [-0.15, -0.1) is 0 Å². The van der Waals surface area contributed by atoms with Gasteiger partial charge in [-0.3, -0.25) is 4.98 Å². The van der Waals surface area contributed by atoms with Crippen LogP contribution in [-0.4, -0.2) is 36.1 Å². The van der Waals surface area contributed by atoms with E-state index in [4.69, 9.17) is 5.73 Å². The second-order valence-electron chi connectivity index (χ2n) is 5.16. The summed E-state index contributed by atoms with van der Waals surface area (Å²) in [6.07, 6.45) is 7.26. The van der Waals surface area contributed by atoms with Crippen molar-refractivity contribution in [1.29, 1.82) is 0 Å². The summed E-state index contributed by atoms with van der Waals surface area (Å²) in [5, 5.41) is 0. The Hall–Kier alpha value is -0.930. The third-order valence-electron chi connectivity index (χ3n) is 3.71. The second kappa shape index (κ2) is 8.22. The summed E-state index contributed by atoms with van der Waals surface area (Å²) < 4.78 is 0. The number of hydrogen-bond acceptors (Lipinski definition) is 3. The molecule has 0 saturated heterocycles. The molecular formula is C15H27N3. The highest BCUT2D eigenvalue weighted by Gasteiger charge is 2.19. The van der Waals surface area contributed by atoms with Gasteiger partial charge in [0, 0.05) is 31.5 Å². The third kappa shape index (κ3) is 4.75. The van der Waals surface area contributed by atoms with Crippen LogP contribution in [0.15, 0.2) is 24.5 Å². The zero-order chi connectivity index (χ0) is 13.4. The van der Waals surface area contributed by atoms with Crippen LogP contribution in [0.25, 0.3) is 0 Å². The Labute approximate surface area is 111 Å². The highest BCUT2D eigenvalue weighted by atomic mass is 15.1. The molecule has 0 bridgehead atoms. The highest BCUT2D eigenvalue weighted by Crippen LogP contribution is 2.15. The molecular weight excluding hydrogens is 222 g/mol. The van der Waals surface area contributed by atoms with E-state index in [-0.39, 0.29) is 0 Å². The Morgan fingerprint density at radius 3 is 2.56 bits per heavy atom. The molecule has 0 aliphatic heterocycles. The van der Waals surface area contributed by atoms with E-state index in [1.165, 1.54) is 18.4 Å². The minimum Gasteiger partial charge on any atom is -0.329 e. The Morgan fingerprint density at radius 1 is 1.33 bits per heavy atom. The largest absolute Gasteiger partial charge is 0.329 e. The van der Waals surface area contributed by atoms with Crippen LogP contribution in [0.5, 0.6) is 0 Å². The van der Waals surface area contributed by atoms with Gasteiger partial charge >= 0.3 is 0 Å². The van der Waals surface area contributed by atoms with E-state index < -0.39 is 0 Å². The number of rotatable bonds is 8. The van der Waals surface area contributed by atoms with E-state index in [1.807, 2.05) is 12.4 Å². The minimum absolute atomic E-state index is 0.492. The van der Waals surface area contributed by atoms with Crippen LogP contribution in [0.2, 0.25) is 0 Å². The number of nitrogens with two attached hydrogens (primary N) is 1. The van der Waals surface area contributed by atoms with E-state index in [9.17, 15) is 0 Å². The zero-order valence-electron chi connectivity index (χ0n) is 12.0. The highest BCUT2D eigenvalue weighted by molar-refractivity contribution is 5.09. The monoisotopic (exact) mass is 249 g/mol. The summed E-state index contributed by atoms with van der Waals surface area (Å²) in [5.74, 6) is 0.669. The van der Waals surface area contributed by atoms with Crippen molar-refractivity contribution in [2.24, 2.45) is 11.7 Å². The van der Waals surface area contributed by atoms with Crippen LogP contribution < -0.4 is 5.73 Å². The molecule has 2 atom stereocenters. The zero-order valence-corrected chi connectivity index (χ0v) is 12.0. The topological polar surface area (TPSA) is 42.1 Å². The van der Waals surface area contributed by atoms with Gasteiger partial charge in [0.2, 0.25) is 0 Å². The molecule has 1 heterocycles. The van der Waals surface area contributed by atoms with Gasteiger partial charge in [0.05, 0.1) is 0 Å². The molecule has 0 spiro atoms. The first-order valence-corrected chi connectivity index (χ1v) is 6.98. The van der Waals surface area contributed by atoms with Crippen molar-refractivity contribution in [2.45, 2.75) is 39.2 Å². The van der Waals surface area contributed by atoms with Gasteiger partial charge in [0.1, 0.15) is 0 Å². The van der Waals surface area contributed by atoms with Gasteiger partial charge in [0.25, 0.3) is 0 Å². The molecule has 1 aromatic heterocycles. The lowest BCUT2D eigenvalue weighted by Gasteiger charge is -2.32.